The molecule has 126 valence electrons. The van der Waals surface area contributed by atoms with Gasteiger partial charge in [-0.2, -0.15) is 0 Å². The molecule has 0 saturated carbocycles. The van der Waals surface area contributed by atoms with Gasteiger partial charge in [0, 0.05) is 42.4 Å². The van der Waals surface area contributed by atoms with Crippen molar-refractivity contribution in [1.29, 1.82) is 0 Å². The zero-order valence-electron chi connectivity index (χ0n) is 12.7. The molecule has 0 radical (unpaired) electrons. The fourth-order valence-electron chi connectivity index (χ4n) is 3.12. The molecule has 2 aliphatic rings. The van der Waals surface area contributed by atoms with E-state index in [1.54, 1.807) is 0 Å². The third-order valence-corrected chi connectivity index (χ3v) is 7.01. The maximum absolute atomic E-state index is 11.6. The molecule has 1 atom stereocenters. The molecule has 2 heterocycles. The van der Waals surface area contributed by atoms with Gasteiger partial charge >= 0.3 is 0 Å². The molecule has 0 aromatic heterocycles. The third kappa shape index (κ3) is 4.43. The van der Waals surface area contributed by atoms with Crippen molar-refractivity contribution in [2.75, 3.05) is 43.0 Å². The van der Waals surface area contributed by atoms with E-state index in [1.807, 2.05) is 24.3 Å². The first-order valence-electron chi connectivity index (χ1n) is 7.69. The number of halogens is 1. The third-order valence-electron chi connectivity index (χ3n) is 4.40. The molecule has 23 heavy (non-hydrogen) atoms. The van der Waals surface area contributed by atoms with Crippen molar-refractivity contribution < 1.29 is 8.42 Å². The molecule has 5 nitrogen and oxygen atoms in total. The summed E-state index contributed by atoms with van der Waals surface area (Å²) in [4.78, 5) is 4.44. The second-order valence-electron chi connectivity index (χ2n) is 6.02. The largest absolute Gasteiger partial charge is 0.346 e. The second kappa shape index (κ2) is 7.04. The van der Waals surface area contributed by atoms with Crippen LogP contribution in [0.3, 0.4) is 0 Å². The van der Waals surface area contributed by atoms with Crippen LogP contribution in [-0.2, 0) is 9.84 Å². The Bertz CT molecular complexity index is 688. The van der Waals surface area contributed by atoms with E-state index in [-0.39, 0.29) is 6.04 Å². The first-order chi connectivity index (χ1) is 10.9. The van der Waals surface area contributed by atoms with E-state index in [0.717, 1.165) is 47.9 Å². The molecule has 2 aliphatic heterocycles. The molecule has 1 aromatic rings. The summed E-state index contributed by atoms with van der Waals surface area (Å²) in [6, 6.07) is 8.10. The van der Waals surface area contributed by atoms with Gasteiger partial charge in [-0.1, -0.05) is 22.0 Å². The Morgan fingerprint density at radius 2 is 2.00 bits per heavy atom. The standard InChI is InChI=1S/C15H20BrN3O2S2/c16-12-2-1-3-13(10-12)17-15(22)19-7-5-18(6-8-19)14-4-9-23(20,21)11-14/h1-3,10,14H,4-9,11H2,(H,17,22)/t14-/m0/s1. The van der Waals surface area contributed by atoms with Crippen molar-refractivity contribution in [1.82, 2.24) is 9.80 Å². The first-order valence-corrected chi connectivity index (χ1v) is 10.7. The Balaban J connectivity index is 1.51. The van der Waals surface area contributed by atoms with Crippen molar-refractivity contribution in [2.45, 2.75) is 12.5 Å². The number of benzene rings is 1. The quantitative estimate of drug-likeness (QED) is 0.742. The van der Waals surface area contributed by atoms with Gasteiger partial charge < -0.3 is 10.2 Å². The Morgan fingerprint density at radius 3 is 2.61 bits per heavy atom. The highest BCUT2D eigenvalue weighted by Crippen LogP contribution is 2.20. The van der Waals surface area contributed by atoms with Crippen molar-refractivity contribution in [3.8, 4) is 0 Å². The van der Waals surface area contributed by atoms with Crippen LogP contribution in [0.5, 0.6) is 0 Å². The van der Waals surface area contributed by atoms with Crippen molar-refractivity contribution in [2.24, 2.45) is 0 Å². The molecule has 0 aliphatic carbocycles. The molecule has 2 fully saturated rings. The van der Waals surface area contributed by atoms with Crippen molar-refractivity contribution >= 4 is 48.8 Å². The highest BCUT2D eigenvalue weighted by atomic mass is 79.9. The molecule has 8 heteroatoms. The summed E-state index contributed by atoms with van der Waals surface area (Å²) < 4.78 is 24.2. The predicted octanol–water partition coefficient (Wildman–Crippen LogP) is 1.95. The smallest absolute Gasteiger partial charge is 0.173 e. The normalized spacial score (nSPS) is 24.6. The lowest BCUT2D eigenvalue weighted by molar-refractivity contribution is 0.144. The van der Waals surface area contributed by atoms with E-state index in [2.05, 4.69) is 31.0 Å². The highest BCUT2D eigenvalue weighted by molar-refractivity contribution is 9.10. The van der Waals surface area contributed by atoms with Crippen LogP contribution in [0.15, 0.2) is 28.7 Å². The fourth-order valence-corrected chi connectivity index (χ4v) is 5.58. The lowest BCUT2D eigenvalue weighted by Crippen LogP contribution is -2.53. The Labute approximate surface area is 151 Å². The van der Waals surface area contributed by atoms with E-state index in [1.165, 1.54) is 0 Å². The zero-order valence-corrected chi connectivity index (χ0v) is 16.0. The van der Waals surface area contributed by atoms with Crippen LogP contribution in [-0.4, -0.2) is 67.1 Å². The molecular weight excluding hydrogens is 398 g/mol. The van der Waals surface area contributed by atoms with Crippen LogP contribution in [0, 0.1) is 0 Å². The van der Waals surface area contributed by atoms with Gasteiger partial charge in [0.15, 0.2) is 14.9 Å². The Morgan fingerprint density at radius 1 is 1.26 bits per heavy atom. The molecule has 0 bridgehead atoms. The fraction of sp³-hybridized carbons (Fsp3) is 0.533. The topological polar surface area (TPSA) is 52.7 Å². The van der Waals surface area contributed by atoms with Crippen LogP contribution >= 0.6 is 28.1 Å². The molecule has 0 spiro atoms. The number of thiocarbonyl (C=S) groups is 1. The number of nitrogens with one attached hydrogen (secondary N) is 1. The summed E-state index contributed by atoms with van der Waals surface area (Å²) in [5.41, 5.74) is 0.966. The Hall–Kier alpha value is -0.700. The van der Waals surface area contributed by atoms with Gasteiger partial charge in [-0.15, -0.1) is 0 Å². The van der Waals surface area contributed by atoms with Gasteiger partial charge in [-0.25, -0.2) is 8.42 Å². The Kier molecular flexibility index (Phi) is 5.25. The average molecular weight is 418 g/mol. The van der Waals surface area contributed by atoms with Crippen LogP contribution in [0.25, 0.3) is 0 Å². The number of anilines is 1. The van der Waals surface area contributed by atoms with Gasteiger partial charge in [0.05, 0.1) is 11.5 Å². The molecule has 2 saturated heterocycles. The number of sulfone groups is 1. The number of hydrogen-bond donors (Lipinski definition) is 1. The maximum Gasteiger partial charge on any atom is 0.173 e. The molecule has 1 N–H and O–H groups in total. The summed E-state index contributed by atoms with van der Waals surface area (Å²) in [6.07, 6.45) is 0.767. The molecule has 0 amide bonds. The van der Waals surface area contributed by atoms with E-state index >= 15 is 0 Å². The van der Waals surface area contributed by atoms with Gasteiger partial charge in [0.2, 0.25) is 0 Å². The minimum absolute atomic E-state index is 0.189. The molecule has 3 rings (SSSR count). The number of piperazine rings is 1. The molecule has 1 aromatic carbocycles. The summed E-state index contributed by atoms with van der Waals surface area (Å²) in [6.45, 7) is 3.38. The second-order valence-corrected chi connectivity index (χ2v) is 9.55. The number of rotatable bonds is 2. The minimum Gasteiger partial charge on any atom is -0.346 e. The van der Waals surface area contributed by atoms with Crippen LogP contribution in [0.4, 0.5) is 5.69 Å². The molecular formula is C15H20BrN3O2S2. The van der Waals surface area contributed by atoms with E-state index < -0.39 is 9.84 Å². The molecule has 0 unspecified atom stereocenters. The summed E-state index contributed by atoms with van der Waals surface area (Å²) in [5, 5.41) is 3.99. The van der Waals surface area contributed by atoms with E-state index in [4.69, 9.17) is 12.2 Å². The van der Waals surface area contributed by atoms with Crippen LogP contribution in [0.1, 0.15) is 6.42 Å². The van der Waals surface area contributed by atoms with Gasteiger partial charge in [-0.05, 0) is 36.8 Å². The first kappa shape index (κ1) is 17.1. The number of hydrogen-bond acceptors (Lipinski definition) is 4. The zero-order chi connectivity index (χ0) is 16.4. The average Bonchev–Trinajstić information content (AvgIpc) is 2.87. The predicted molar refractivity (Wildman–Crippen MR) is 101 cm³/mol. The highest BCUT2D eigenvalue weighted by Gasteiger charge is 2.33. The van der Waals surface area contributed by atoms with Crippen molar-refractivity contribution in [3.05, 3.63) is 28.7 Å². The van der Waals surface area contributed by atoms with Crippen LogP contribution < -0.4 is 5.32 Å². The summed E-state index contributed by atoms with van der Waals surface area (Å²) in [7, 11) is -2.82. The minimum atomic E-state index is -2.82. The monoisotopic (exact) mass is 417 g/mol. The van der Waals surface area contributed by atoms with Crippen LogP contribution in [0.2, 0.25) is 0 Å². The van der Waals surface area contributed by atoms with E-state index in [0.29, 0.717) is 11.5 Å². The summed E-state index contributed by atoms with van der Waals surface area (Å²) in [5.74, 6) is 0.647. The van der Waals surface area contributed by atoms with Crippen molar-refractivity contribution in [3.63, 3.8) is 0 Å². The SMILES string of the molecule is O=S1(=O)CC[C@H](N2CCN(C(=S)Nc3cccc(Br)c3)CC2)C1. The van der Waals surface area contributed by atoms with Gasteiger partial charge in [0.1, 0.15) is 0 Å². The maximum atomic E-state index is 11.6. The summed E-state index contributed by atoms with van der Waals surface area (Å²) >= 11 is 8.94. The van der Waals surface area contributed by atoms with Gasteiger partial charge in [0.25, 0.3) is 0 Å². The van der Waals surface area contributed by atoms with Gasteiger partial charge in [-0.3, -0.25) is 4.90 Å². The number of nitrogens with zero attached hydrogens (tertiary/aromatic N) is 2. The lowest BCUT2D eigenvalue weighted by Gasteiger charge is -2.38. The van der Waals surface area contributed by atoms with E-state index in [9.17, 15) is 8.42 Å². The lowest BCUT2D eigenvalue weighted by atomic mass is 10.2.